The number of piperidine rings is 1. The summed E-state index contributed by atoms with van der Waals surface area (Å²) in [5, 5.41) is 0. The summed E-state index contributed by atoms with van der Waals surface area (Å²) in [7, 11) is 0. The van der Waals surface area contributed by atoms with Crippen molar-refractivity contribution < 1.29 is 4.79 Å². The third kappa shape index (κ3) is 2.75. The number of imidazole rings is 1. The molecule has 0 saturated carbocycles. The first-order valence-electron chi connectivity index (χ1n) is 10.7. The number of carbonyl (C=O) groups is 1. The largest absolute Gasteiger partial charge is 0.345 e. The first kappa shape index (κ1) is 17.5. The maximum absolute atomic E-state index is 13.4. The van der Waals surface area contributed by atoms with Crippen molar-refractivity contribution in [2.75, 3.05) is 6.54 Å². The van der Waals surface area contributed by atoms with Gasteiger partial charge >= 0.3 is 0 Å². The summed E-state index contributed by atoms with van der Waals surface area (Å²) in [6.07, 6.45) is 4.82. The summed E-state index contributed by atoms with van der Waals surface area (Å²) < 4.78 is 0. The van der Waals surface area contributed by atoms with Gasteiger partial charge in [-0.25, -0.2) is 4.98 Å². The Morgan fingerprint density at radius 3 is 2.80 bits per heavy atom. The van der Waals surface area contributed by atoms with E-state index in [1.807, 2.05) is 18.2 Å². The van der Waals surface area contributed by atoms with Gasteiger partial charge in [-0.1, -0.05) is 48.5 Å². The van der Waals surface area contributed by atoms with Gasteiger partial charge in [-0.3, -0.25) is 4.79 Å². The van der Waals surface area contributed by atoms with Crippen LogP contribution in [0.2, 0.25) is 0 Å². The standard InChI is InChI=1S/C26H23N3O/c30-26(20-10-11-23-24(14-20)28-16-27-23)29-12-4-7-21-22-13-18(17-5-2-1-3-6-17)8-9-19(22)15-25(21)29/h1-3,5-6,8-11,13-14,16,21,25H,4,7,12,15H2,(H,27,28). The minimum atomic E-state index is 0.130. The van der Waals surface area contributed by atoms with Crippen molar-refractivity contribution >= 4 is 16.9 Å². The number of likely N-dealkylation sites (tertiary alicyclic amines) is 1. The molecular weight excluding hydrogens is 370 g/mol. The summed E-state index contributed by atoms with van der Waals surface area (Å²) in [4.78, 5) is 23.0. The van der Waals surface area contributed by atoms with Gasteiger partial charge in [0.2, 0.25) is 0 Å². The van der Waals surface area contributed by atoms with Gasteiger partial charge in [-0.2, -0.15) is 0 Å². The normalized spacial score (nSPS) is 20.2. The first-order chi connectivity index (χ1) is 14.8. The fraction of sp³-hybridized carbons (Fsp3) is 0.231. The molecule has 0 radical (unpaired) electrons. The van der Waals surface area contributed by atoms with Crippen molar-refractivity contribution in [1.29, 1.82) is 0 Å². The first-order valence-corrected chi connectivity index (χ1v) is 10.7. The quantitative estimate of drug-likeness (QED) is 0.510. The molecule has 1 aliphatic carbocycles. The van der Waals surface area contributed by atoms with Crippen molar-refractivity contribution in [1.82, 2.24) is 14.9 Å². The fourth-order valence-electron chi connectivity index (χ4n) is 5.32. The van der Waals surface area contributed by atoms with Crippen LogP contribution in [0.25, 0.3) is 22.2 Å². The predicted molar refractivity (Wildman–Crippen MR) is 118 cm³/mol. The zero-order valence-electron chi connectivity index (χ0n) is 16.7. The number of hydrogen-bond donors (Lipinski definition) is 1. The average Bonchev–Trinajstić information content (AvgIpc) is 3.42. The fourth-order valence-corrected chi connectivity index (χ4v) is 5.32. The molecule has 1 fully saturated rings. The van der Waals surface area contributed by atoms with Crippen molar-refractivity contribution in [2.24, 2.45) is 0 Å². The van der Waals surface area contributed by atoms with Crippen molar-refractivity contribution in [3.8, 4) is 11.1 Å². The third-order valence-electron chi connectivity index (χ3n) is 6.79. The molecule has 1 aliphatic heterocycles. The molecule has 30 heavy (non-hydrogen) atoms. The zero-order valence-corrected chi connectivity index (χ0v) is 16.7. The molecule has 2 heterocycles. The van der Waals surface area contributed by atoms with Crippen molar-refractivity contribution in [2.45, 2.75) is 31.2 Å². The van der Waals surface area contributed by atoms with Crippen molar-refractivity contribution in [3.63, 3.8) is 0 Å². The summed E-state index contributed by atoms with van der Waals surface area (Å²) in [6.45, 7) is 0.831. The lowest BCUT2D eigenvalue weighted by atomic mass is 9.87. The highest BCUT2D eigenvalue weighted by Gasteiger charge is 2.41. The lowest BCUT2D eigenvalue weighted by Gasteiger charge is -2.38. The molecule has 148 valence electrons. The molecule has 4 aromatic rings. The Kier molecular flexibility index (Phi) is 3.98. The molecular formula is C26H23N3O. The van der Waals surface area contributed by atoms with Crippen LogP contribution in [0.15, 0.2) is 73.1 Å². The molecule has 2 aliphatic rings. The number of fused-ring (bicyclic) bond motifs is 4. The molecule has 1 amide bonds. The Morgan fingerprint density at radius 2 is 1.90 bits per heavy atom. The SMILES string of the molecule is O=C(c1ccc2[nH]cnc2c1)N1CCCC2c3cc(-c4ccccc4)ccc3CC21. The summed E-state index contributed by atoms with van der Waals surface area (Å²) >= 11 is 0. The van der Waals surface area contributed by atoms with E-state index in [1.54, 1.807) is 6.33 Å². The van der Waals surface area contributed by atoms with E-state index in [-0.39, 0.29) is 11.9 Å². The second-order valence-electron chi connectivity index (χ2n) is 8.43. The van der Waals surface area contributed by atoms with Gasteiger partial charge in [0.1, 0.15) is 0 Å². The minimum absolute atomic E-state index is 0.130. The van der Waals surface area contributed by atoms with Crippen LogP contribution in [0.3, 0.4) is 0 Å². The Labute approximate surface area is 175 Å². The molecule has 3 aromatic carbocycles. The molecule has 0 bridgehead atoms. The predicted octanol–water partition coefficient (Wildman–Crippen LogP) is 5.17. The highest BCUT2D eigenvalue weighted by molar-refractivity contribution is 5.97. The maximum Gasteiger partial charge on any atom is 0.254 e. The summed E-state index contributed by atoms with van der Waals surface area (Å²) in [5.41, 5.74) is 7.88. The number of aromatic amines is 1. The van der Waals surface area contributed by atoms with Crippen LogP contribution in [0.5, 0.6) is 0 Å². The molecule has 1 aromatic heterocycles. The van der Waals surface area contributed by atoms with Gasteiger partial charge in [0.05, 0.1) is 17.4 Å². The van der Waals surface area contributed by atoms with E-state index in [9.17, 15) is 4.79 Å². The van der Waals surface area contributed by atoms with Crippen LogP contribution in [0.1, 0.15) is 40.2 Å². The smallest absolute Gasteiger partial charge is 0.254 e. The number of benzene rings is 3. The number of aromatic nitrogens is 2. The van der Waals surface area contributed by atoms with Crippen molar-refractivity contribution in [3.05, 3.63) is 89.7 Å². The van der Waals surface area contributed by atoms with E-state index < -0.39 is 0 Å². The molecule has 4 nitrogen and oxygen atoms in total. The molecule has 1 N–H and O–H groups in total. The Bertz CT molecular complexity index is 1240. The number of amides is 1. The Hall–Kier alpha value is -3.40. The maximum atomic E-state index is 13.4. The van der Waals surface area contributed by atoms with Gasteiger partial charge in [0.25, 0.3) is 5.91 Å². The number of rotatable bonds is 2. The summed E-state index contributed by atoms with van der Waals surface area (Å²) in [6, 6.07) is 23.4. The second kappa shape index (κ2) is 6.84. The van der Waals surface area contributed by atoms with Crippen LogP contribution < -0.4 is 0 Å². The molecule has 2 unspecified atom stereocenters. The van der Waals surface area contributed by atoms with E-state index in [0.29, 0.717) is 5.92 Å². The van der Waals surface area contributed by atoms with E-state index in [2.05, 4.69) is 63.4 Å². The van der Waals surface area contributed by atoms with E-state index in [1.165, 1.54) is 22.3 Å². The van der Waals surface area contributed by atoms with Crippen LogP contribution in [-0.4, -0.2) is 33.4 Å². The highest BCUT2D eigenvalue weighted by Crippen LogP contribution is 2.44. The number of hydrogen-bond acceptors (Lipinski definition) is 2. The lowest BCUT2D eigenvalue weighted by Crippen LogP contribution is -2.46. The average molecular weight is 393 g/mol. The highest BCUT2D eigenvalue weighted by atomic mass is 16.2. The topological polar surface area (TPSA) is 49.0 Å². The number of H-pyrrole nitrogens is 1. The van der Waals surface area contributed by atoms with Gasteiger partial charge < -0.3 is 9.88 Å². The van der Waals surface area contributed by atoms with Crippen LogP contribution in [0, 0.1) is 0 Å². The van der Waals surface area contributed by atoms with Gasteiger partial charge in [0.15, 0.2) is 0 Å². The monoisotopic (exact) mass is 393 g/mol. The van der Waals surface area contributed by atoms with Crippen LogP contribution in [0.4, 0.5) is 0 Å². The Morgan fingerprint density at radius 1 is 1.00 bits per heavy atom. The van der Waals surface area contributed by atoms with E-state index >= 15 is 0 Å². The number of carbonyl (C=O) groups excluding carboxylic acids is 1. The molecule has 0 spiro atoms. The molecule has 1 saturated heterocycles. The zero-order chi connectivity index (χ0) is 20.1. The van der Waals surface area contributed by atoms with Crippen LogP contribution in [-0.2, 0) is 6.42 Å². The second-order valence-corrected chi connectivity index (χ2v) is 8.43. The Balaban J connectivity index is 1.32. The van der Waals surface area contributed by atoms with Gasteiger partial charge in [-0.15, -0.1) is 0 Å². The molecule has 2 atom stereocenters. The minimum Gasteiger partial charge on any atom is -0.345 e. The van der Waals surface area contributed by atoms with E-state index in [4.69, 9.17) is 0 Å². The number of nitrogens with zero attached hydrogens (tertiary/aromatic N) is 2. The van der Waals surface area contributed by atoms with Gasteiger partial charge in [0, 0.05) is 24.1 Å². The molecule has 4 heteroatoms. The third-order valence-corrected chi connectivity index (χ3v) is 6.79. The van der Waals surface area contributed by atoms with Crippen LogP contribution >= 0.6 is 0 Å². The number of nitrogens with one attached hydrogen (secondary N) is 1. The summed E-state index contributed by atoms with van der Waals surface area (Å²) in [5.74, 6) is 0.557. The van der Waals surface area contributed by atoms with Gasteiger partial charge in [-0.05, 0) is 59.7 Å². The van der Waals surface area contributed by atoms with E-state index in [0.717, 1.165) is 42.4 Å². The molecule has 6 rings (SSSR count). The lowest BCUT2D eigenvalue weighted by molar-refractivity contribution is 0.0595.